The Morgan fingerprint density at radius 2 is 1.73 bits per heavy atom. The summed E-state index contributed by atoms with van der Waals surface area (Å²) in [6, 6.07) is 5.61. The van der Waals surface area contributed by atoms with Gasteiger partial charge in [0.2, 0.25) is 0 Å². The van der Waals surface area contributed by atoms with E-state index in [9.17, 15) is 9.18 Å². The highest BCUT2D eigenvalue weighted by atomic mass is 79.9. The molecular formula is C11H14BrFO2. The molecule has 1 N–H and O–H groups in total. The van der Waals surface area contributed by atoms with E-state index in [1.165, 1.54) is 24.3 Å². The summed E-state index contributed by atoms with van der Waals surface area (Å²) in [7, 11) is 0. The van der Waals surface area contributed by atoms with E-state index in [0.717, 1.165) is 0 Å². The first-order valence-electron chi connectivity index (χ1n) is 4.50. The number of carbonyl (C=O) groups is 1. The van der Waals surface area contributed by atoms with Gasteiger partial charge in [0.1, 0.15) is 5.82 Å². The van der Waals surface area contributed by atoms with Gasteiger partial charge >= 0.3 is 5.97 Å². The van der Waals surface area contributed by atoms with E-state index in [0.29, 0.717) is 5.56 Å². The second-order valence-corrected chi connectivity index (χ2v) is 3.61. The van der Waals surface area contributed by atoms with E-state index in [4.69, 9.17) is 5.11 Å². The van der Waals surface area contributed by atoms with E-state index in [2.05, 4.69) is 0 Å². The molecule has 0 amide bonds. The molecule has 1 aromatic carbocycles. The van der Waals surface area contributed by atoms with Gasteiger partial charge in [-0.3, -0.25) is 4.79 Å². The fraction of sp³-hybridized carbons (Fsp3) is 0.364. The maximum absolute atomic E-state index is 12.6. The quantitative estimate of drug-likeness (QED) is 0.921. The minimum Gasteiger partial charge on any atom is -0.481 e. The van der Waals surface area contributed by atoms with Crippen LogP contribution in [0.4, 0.5) is 4.39 Å². The Hall–Kier alpha value is -0.900. The van der Waals surface area contributed by atoms with Crippen molar-refractivity contribution < 1.29 is 14.3 Å². The first-order valence-corrected chi connectivity index (χ1v) is 4.50. The molecular weight excluding hydrogens is 263 g/mol. The van der Waals surface area contributed by atoms with Gasteiger partial charge in [0.05, 0.1) is 5.92 Å². The molecule has 1 aromatic rings. The predicted molar refractivity (Wildman–Crippen MR) is 61.9 cm³/mol. The second kappa shape index (κ2) is 5.85. The van der Waals surface area contributed by atoms with Gasteiger partial charge in [-0.25, -0.2) is 4.39 Å². The molecule has 0 aliphatic carbocycles. The van der Waals surface area contributed by atoms with E-state index in [1.54, 1.807) is 0 Å². The summed E-state index contributed by atoms with van der Waals surface area (Å²) < 4.78 is 12.6. The molecule has 0 aliphatic rings. The summed E-state index contributed by atoms with van der Waals surface area (Å²) in [4.78, 5) is 10.9. The molecule has 84 valence electrons. The maximum atomic E-state index is 12.6. The zero-order valence-corrected chi connectivity index (χ0v) is 10.3. The zero-order chi connectivity index (χ0) is 10.7. The van der Waals surface area contributed by atoms with Gasteiger partial charge in [-0.1, -0.05) is 26.0 Å². The monoisotopic (exact) mass is 276 g/mol. The molecule has 0 saturated heterocycles. The van der Waals surface area contributed by atoms with Crippen LogP contribution in [-0.2, 0) is 4.79 Å². The number of carboxylic acids is 1. The molecule has 15 heavy (non-hydrogen) atoms. The van der Waals surface area contributed by atoms with Crippen LogP contribution in [0, 0.1) is 11.7 Å². The van der Waals surface area contributed by atoms with Crippen molar-refractivity contribution in [3.8, 4) is 0 Å². The largest absolute Gasteiger partial charge is 0.481 e. The Balaban J connectivity index is 0.00000196. The molecule has 2 nitrogen and oxygen atoms in total. The van der Waals surface area contributed by atoms with Crippen LogP contribution in [0.5, 0.6) is 0 Å². The second-order valence-electron chi connectivity index (χ2n) is 3.61. The fourth-order valence-corrected chi connectivity index (χ4v) is 1.48. The van der Waals surface area contributed by atoms with Crippen molar-refractivity contribution >= 4 is 23.0 Å². The van der Waals surface area contributed by atoms with Crippen LogP contribution in [0.2, 0.25) is 0 Å². The first kappa shape index (κ1) is 14.1. The topological polar surface area (TPSA) is 37.3 Å². The van der Waals surface area contributed by atoms with Crippen molar-refractivity contribution in [1.82, 2.24) is 0 Å². The van der Waals surface area contributed by atoms with E-state index in [-0.39, 0.29) is 28.7 Å². The van der Waals surface area contributed by atoms with Crippen molar-refractivity contribution in [3.63, 3.8) is 0 Å². The number of rotatable bonds is 3. The molecule has 0 spiro atoms. The molecule has 0 saturated carbocycles. The van der Waals surface area contributed by atoms with Gasteiger partial charge in [-0.05, 0) is 23.6 Å². The Morgan fingerprint density at radius 1 is 1.27 bits per heavy atom. The van der Waals surface area contributed by atoms with E-state index < -0.39 is 11.9 Å². The van der Waals surface area contributed by atoms with Gasteiger partial charge in [-0.2, -0.15) is 0 Å². The van der Waals surface area contributed by atoms with Crippen LogP contribution in [0.25, 0.3) is 0 Å². The molecule has 0 fully saturated rings. The third kappa shape index (κ3) is 3.63. The molecule has 0 aromatic heterocycles. The van der Waals surface area contributed by atoms with Gasteiger partial charge in [0.15, 0.2) is 0 Å². The molecule has 0 radical (unpaired) electrons. The Kier molecular flexibility index (Phi) is 5.50. The highest BCUT2D eigenvalue weighted by molar-refractivity contribution is 8.93. The van der Waals surface area contributed by atoms with Gasteiger partial charge in [0, 0.05) is 0 Å². The summed E-state index contributed by atoms with van der Waals surface area (Å²) in [5.74, 6) is -1.78. The molecule has 1 atom stereocenters. The minimum atomic E-state index is -0.869. The Morgan fingerprint density at radius 3 is 2.07 bits per heavy atom. The lowest BCUT2D eigenvalue weighted by molar-refractivity contribution is -0.139. The summed E-state index contributed by atoms with van der Waals surface area (Å²) in [6.07, 6.45) is 0. The number of hydrogen-bond donors (Lipinski definition) is 1. The molecule has 0 aliphatic heterocycles. The first-order chi connectivity index (χ1) is 6.52. The molecule has 4 heteroatoms. The lowest BCUT2D eigenvalue weighted by Crippen LogP contribution is -2.17. The Bertz CT molecular complexity index is 322. The number of benzene rings is 1. The predicted octanol–water partition coefficient (Wildman–Crippen LogP) is 3.23. The van der Waals surface area contributed by atoms with Crippen molar-refractivity contribution in [3.05, 3.63) is 35.6 Å². The van der Waals surface area contributed by atoms with Gasteiger partial charge < -0.3 is 5.11 Å². The van der Waals surface area contributed by atoms with Crippen molar-refractivity contribution in [2.45, 2.75) is 19.8 Å². The average Bonchev–Trinajstić information content (AvgIpc) is 2.07. The van der Waals surface area contributed by atoms with Crippen LogP contribution in [0.3, 0.4) is 0 Å². The smallest absolute Gasteiger partial charge is 0.311 e. The third-order valence-electron chi connectivity index (χ3n) is 2.16. The fourth-order valence-electron chi connectivity index (χ4n) is 1.48. The number of halogens is 2. The number of aliphatic carboxylic acids is 1. The summed E-state index contributed by atoms with van der Waals surface area (Å²) in [5, 5.41) is 8.97. The van der Waals surface area contributed by atoms with Gasteiger partial charge in [-0.15, -0.1) is 17.0 Å². The zero-order valence-electron chi connectivity index (χ0n) is 8.61. The average molecular weight is 277 g/mol. The van der Waals surface area contributed by atoms with E-state index in [1.807, 2.05) is 13.8 Å². The lowest BCUT2D eigenvalue weighted by atomic mass is 9.89. The Labute approximate surface area is 98.9 Å². The summed E-state index contributed by atoms with van der Waals surface area (Å²) >= 11 is 0. The highest BCUT2D eigenvalue weighted by Crippen LogP contribution is 2.24. The van der Waals surface area contributed by atoms with Crippen LogP contribution in [0.1, 0.15) is 25.3 Å². The minimum absolute atomic E-state index is 0. The summed E-state index contributed by atoms with van der Waals surface area (Å²) in [6.45, 7) is 3.67. The van der Waals surface area contributed by atoms with Crippen molar-refractivity contribution in [2.75, 3.05) is 0 Å². The number of carboxylic acid groups (broad SMARTS) is 1. The van der Waals surface area contributed by atoms with Gasteiger partial charge in [0.25, 0.3) is 0 Å². The standard InChI is InChI=1S/C11H13FO2.BrH/c1-7(2)10(11(13)14)8-3-5-9(12)6-4-8;/h3-7,10H,1-2H3,(H,13,14);1H/t10-;/m1./s1. The highest BCUT2D eigenvalue weighted by Gasteiger charge is 2.23. The van der Waals surface area contributed by atoms with Crippen LogP contribution in [-0.4, -0.2) is 11.1 Å². The molecule has 0 unspecified atom stereocenters. The van der Waals surface area contributed by atoms with E-state index >= 15 is 0 Å². The third-order valence-corrected chi connectivity index (χ3v) is 2.16. The lowest BCUT2D eigenvalue weighted by Gasteiger charge is -2.16. The maximum Gasteiger partial charge on any atom is 0.311 e. The molecule has 0 bridgehead atoms. The van der Waals surface area contributed by atoms with Crippen LogP contribution >= 0.6 is 17.0 Å². The number of hydrogen-bond acceptors (Lipinski definition) is 1. The van der Waals surface area contributed by atoms with Crippen molar-refractivity contribution in [1.29, 1.82) is 0 Å². The van der Waals surface area contributed by atoms with Crippen LogP contribution < -0.4 is 0 Å². The van der Waals surface area contributed by atoms with Crippen molar-refractivity contribution in [2.24, 2.45) is 5.92 Å². The SMILES string of the molecule is Br.CC(C)[C@@H](C(=O)O)c1ccc(F)cc1. The molecule has 0 heterocycles. The normalized spacial score (nSPS) is 12.0. The van der Waals surface area contributed by atoms with Crippen LogP contribution in [0.15, 0.2) is 24.3 Å². The summed E-state index contributed by atoms with van der Waals surface area (Å²) in [5.41, 5.74) is 0.647. The molecule has 1 rings (SSSR count).